The Morgan fingerprint density at radius 1 is 1.35 bits per heavy atom. The molecule has 0 bridgehead atoms. The quantitative estimate of drug-likeness (QED) is 0.788. The van der Waals surface area contributed by atoms with Crippen LogP contribution in [-0.4, -0.2) is 48.9 Å². The number of hydrogen-bond acceptors (Lipinski definition) is 4. The maximum Gasteiger partial charge on any atom is 0.410 e. The number of halogens is 1. The lowest BCUT2D eigenvalue weighted by atomic mass is 10.2. The maximum atomic E-state index is 11.5. The fourth-order valence-electron chi connectivity index (χ4n) is 0.857. The number of nitrogens with one attached hydrogen (secondary N) is 1. The van der Waals surface area contributed by atoms with Crippen LogP contribution in [0.25, 0.3) is 0 Å². The third-order valence-electron chi connectivity index (χ3n) is 1.61. The summed E-state index contributed by atoms with van der Waals surface area (Å²) in [5.74, 6) is 0. The van der Waals surface area contributed by atoms with Crippen molar-refractivity contribution < 1.29 is 19.1 Å². The summed E-state index contributed by atoms with van der Waals surface area (Å²) >= 11 is 5.19. The molecule has 7 heteroatoms. The van der Waals surface area contributed by atoms with E-state index in [2.05, 4.69) is 10.1 Å². The third kappa shape index (κ3) is 8.62. The minimum atomic E-state index is -0.613. The minimum absolute atomic E-state index is 0.201. The van der Waals surface area contributed by atoms with Gasteiger partial charge >= 0.3 is 12.2 Å². The van der Waals surface area contributed by atoms with Crippen LogP contribution in [0.2, 0.25) is 0 Å². The van der Waals surface area contributed by atoms with Crippen LogP contribution in [0.15, 0.2) is 0 Å². The summed E-state index contributed by atoms with van der Waals surface area (Å²) in [5.41, 5.74) is -0.531. The van der Waals surface area contributed by atoms with E-state index in [1.165, 1.54) is 4.90 Å². The average molecular weight is 267 g/mol. The predicted octanol–water partition coefficient (Wildman–Crippen LogP) is 1.78. The molecule has 0 aromatic carbocycles. The van der Waals surface area contributed by atoms with Gasteiger partial charge in [0.15, 0.2) is 6.07 Å². The monoisotopic (exact) mass is 266 g/mol. The van der Waals surface area contributed by atoms with Crippen LogP contribution in [0.1, 0.15) is 20.8 Å². The number of carbonyl (C=O) groups is 2. The molecule has 0 aromatic rings. The zero-order chi connectivity index (χ0) is 13.5. The predicted molar refractivity (Wildman–Crippen MR) is 64.1 cm³/mol. The minimum Gasteiger partial charge on any atom is -0.444 e. The Balaban J connectivity index is 3.82. The summed E-state index contributed by atoms with van der Waals surface area (Å²) < 4.78 is 9.57. The smallest absolute Gasteiger partial charge is 0.410 e. The maximum absolute atomic E-state index is 11.5. The molecule has 100 valence electrons. The second-order valence-corrected chi connectivity index (χ2v) is 4.59. The first-order chi connectivity index (χ1) is 7.76. The van der Waals surface area contributed by atoms with E-state index in [1.54, 1.807) is 27.8 Å². The van der Waals surface area contributed by atoms with Crippen molar-refractivity contribution in [2.45, 2.75) is 26.4 Å². The fraction of sp³-hybridized carbons (Fsp3) is 0.800. The number of hydrogen-bond donors (Lipinski definition) is 1. The van der Waals surface area contributed by atoms with Crippen molar-refractivity contribution in [3.63, 3.8) is 0 Å². The number of likely N-dealkylation sites (N-methyl/N-ethyl adjacent to an activating group) is 1. The van der Waals surface area contributed by atoms with E-state index >= 15 is 0 Å². The lowest BCUT2D eigenvalue weighted by Gasteiger charge is -2.24. The fourth-order valence-corrected chi connectivity index (χ4v) is 0.956. The van der Waals surface area contributed by atoms with E-state index in [-0.39, 0.29) is 12.6 Å². The summed E-state index contributed by atoms with van der Waals surface area (Å²) in [6.45, 7) is 5.95. The second-order valence-electron chi connectivity index (χ2n) is 4.37. The molecule has 0 rings (SSSR count). The highest BCUT2D eigenvalue weighted by atomic mass is 35.5. The van der Waals surface area contributed by atoms with Gasteiger partial charge in [-0.2, -0.15) is 0 Å². The average Bonchev–Trinajstić information content (AvgIpc) is 2.15. The van der Waals surface area contributed by atoms with Crippen molar-refractivity contribution in [1.82, 2.24) is 10.2 Å². The Kier molecular flexibility index (Phi) is 6.72. The van der Waals surface area contributed by atoms with Gasteiger partial charge in [0.25, 0.3) is 0 Å². The molecule has 0 heterocycles. The van der Waals surface area contributed by atoms with Crippen LogP contribution in [0, 0.1) is 0 Å². The van der Waals surface area contributed by atoms with Gasteiger partial charge in [-0.1, -0.05) is 11.6 Å². The van der Waals surface area contributed by atoms with E-state index in [0.717, 1.165) is 0 Å². The zero-order valence-electron chi connectivity index (χ0n) is 10.6. The Labute approximate surface area is 106 Å². The number of amides is 2. The van der Waals surface area contributed by atoms with Crippen molar-refractivity contribution in [3.05, 3.63) is 0 Å². The Morgan fingerprint density at radius 2 is 1.94 bits per heavy atom. The van der Waals surface area contributed by atoms with Crippen LogP contribution < -0.4 is 5.32 Å². The van der Waals surface area contributed by atoms with E-state index in [4.69, 9.17) is 16.3 Å². The van der Waals surface area contributed by atoms with Gasteiger partial charge in [-0.05, 0) is 20.8 Å². The molecule has 2 amide bonds. The van der Waals surface area contributed by atoms with Crippen molar-refractivity contribution in [1.29, 1.82) is 0 Å². The van der Waals surface area contributed by atoms with Crippen molar-refractivity contribution in [3.8, 4) is 0 Å². The van der Waals surface area contributed by atoms with Gasteiger partial charge < -0.3 is 19.7 Å². The van der Waals surface area contributed by atoms with Crippen molar-refractivity contribution in [2.75, 3.05) is 26.2 Å². The Hall–Kier alpha value is -1.17. The lowest BCUT2D eigenvalue weighted by Crippen LogP contribution is -2.39. The van der Waals surface area contributed by atoms with Crippen LogP contribution in [0.3, 0.4) is 0 Å². The highest BCUT2D eigenvalue weighted by molar-refractivity contribution is 6.17. The van der Waals surface area contributed by atoms with Crippen LogP contribution in [0.4, 0.5) is 9.59 Å². The molecule has 0 atom stereocenters. The van der Waals surface area contributed by atoms with Crippen LogP contribution in [0.5, 0.6) is 0 Å². The van der Waals surface area contributed by atoms with Gasteiger partial charge in [0.1, 0.15) is 5.60 Å². The first-order valence-electron chi connectivity index (χ1n) is 5.17. The largest absolute Gasteiger partial charge is 0.444 e. The molecular formula is C10H19ClN2O4. The number of ether oxygens (including phenoxy) is 2. The molecule has 17 heavy (non-hydrogen) atoms. The molecular weight excluding hydrogens is 248 g/mol. The van der Waals surface area contributed by atoms with Gasteiger partial charge in [-0.25, -0.2) is 9.59 Å². The number of alkyl halides is 1. The first kappa shape index (κ1) is 15.8. The summed E-state index contributed by atoms with van der Waals surface area (Å²) in [4.78, 5) is 23.7. The zero-order valence-corrected chi connectivity index (χ0v) is 11.3. The summed E-state index contributed by atoms with van der Waals surface area (Å²) in [6, 6.07) is -0.201. The molecule has 6 nitrogen and oxygen atoms in total. The van der Waals surface area contributed by atoms with Crippen molar-refractivity contribution >= 4 is 23.8 Å². The van der Waals surface area contributed by atoms with E-state index < -0.39 is 17.8 Å². The van der Waals surface area contributed by atoms with Gasteiger partial charge in [0.2, 0.25) is 0 Å². The molecule has 1 N–H and O–H groups in total. The molecule has 0 aliphatic carbocycles. The van der Waals surface area contributed by atoms with E-state index in [0.29, 0.717) is 6.54 Å². The standard InChI is InChI=1S/C10H19ClN2O4/c1-10(2,3)17-9(15)13(4)6-5-12-8(14)16-7-11/h5-7H2,1-4H3,(H,12,14). The summed E-state index contributed by atoms with van der Waals surface area (Å²) in [5, 5.41) is 2.44. The second kappa shape index (κ2) is 7.21. The number of carbonyl (C=O) groups excluding carboxylic acids is 2. The lowest BCUT2D eigenvalue weighted by molar-refractivity contribution is 0.0299. The highest BCUT2D eigenvalue weighted by Gasteiger charge is 2.19. The van der Waals surface area contributed by atoms with Crippen LogP contribution >= 0.6 is 11.6 Å². The Bertz CT molecular complexity index is 266. The molecule has 0 saturated carbocycles. The van der Waals surface area contributed by atoms with E-state index in [9.17, 15) is 9.59 Å². The number of nitrogens with zero attached hydrogens (tertiary/aromatic N) is 1. The highest BCUT2D eigenvalue weighted by Crippen LogP contribution is 2.08. The number of alkyl carbamates (subject to hydrolysis) is 1. The van der Waals surface area contributed by atoms with Gasteiger partial charge in [-0.15, -0.1) is 0 Å². The molecule has 0 unspecified atom stereocenters. The molecule has 0 spiro atoms. The third-order valence-corrected chi connectivity index (χ3v) is 1.72. The van der Waals surface area contributed by atoms with E-state index in [1.807, 2.05) is 0 Å². The Morgan fingerprint density at radius 3 is 2.41 bits per heavy atom. The van der Waals surface area contributed by atoms with Gasteiger partial charge in [0.05, 0.1) is 0 Å². The summed E-state index contributed by atoms with van der Waals surface area (Å²) in [6.07, 6.45) is -1.05. The molecule has 0 radical (unpaired) electrons. The SMILES string of the molecule is CN(CCNC(=O)OCCl)C(=O)OC(C)(C)C. The molecule has 0 saturated heterocycles. The first-order valence-corrected chi connectivity index (χ1v) is 5.70. The molecule has 0 aliphatic heterocycles. The van der Waals surface area contributed by atoms with Gasteiger partial charge in [0, 0.05) is 20.1 Å². The summed E-state index contributed by atoms with van der Waals surface area (Å²) in [7, 11) is 1.59. The number of rotatable bonds is 4. The van der Waals surface area contributed by atoms with Crippen molar-refractivity contribution in [2.24, 2.45) is 0 Å². The van der Waals surface area contributed by atoms with Gasteiger partial charge in [-0.3, -0.25) is 0 Å². The molecule has 0 aromatic heterocycles. The normalized spacial score (nSPS) is 10.6. The topological polar surface area (TPSA) is 67.9 Å². The van der Waals surface area contributed by atoms with Crippen LogP contribution in [-0.2, 0) is 9.47 Å². The molecule has 0 aliphatic rings. The molecule has 0 fully saturated rings.